The van der Waals surface area contributed by atoms with Crippen molar-refractivity contribution >= 4 is 31.0 Å². The monoisotopic (exact) mass is 378 g/mol. The van der Waals surface area contributed by atoms with Crippen molar-refractivity contribution in [1.29, 1.82) is 0 Å². The van der Waals surface area contributed by atoms with Crippen LogP contribution in [0.2, 0.25) is 0 Å². The average molecular weight is 378 g/mol. The lowest BCUT2D eigenvalue weighted by atomic mass is 10.3. The van der Waals surface area contributed by atoms with Crippen LogP contribution in [0.1, 0.15) is 6.92 Å². The third kappa shape index (κ3) is 4.82. The number of carbonyl (C=O) groups excluding carboxylic acids is 2. The number of primary amides is 2. The van der Waals surface area contributed by atoms with Crippen molar-refractivity contribution in [2.45, 2.75) is 6.92 Å². The van der Waals surface area contributed by atoms with Crippen LogP contribution >= 0.6 is 7.60 Å². The van der Waals surface area contributed by atoms with Crippen molar-refractivity contribution in [3.8, 4) is 0 Å². The lowest BCUT2D eigenvalue weighted by molar-refractivity contribution is 0.173. The van der Waals surface area contributed by atoms with E-state index < -0.39 is 19.7 Å². The molecule has 0 atom stereocenters. The fraction of sp³-hybridized carbons (Fsp3) is 0.125. The highest BCUT2D eigenvalue weighted by Crippen LogP contribution is 2.50. The number of benzene rings is 2. The van der Waals surface area contributed by atoms with Crippen molar-refractivity contribution in [3.63, 3.8) is 0 Å². The molecule has 0 radical (unpaired) electrons. The molecule has 138 valence electrons. The lowest BCUT2D eigenvalue weighted by Crippen LogP contribution is -2.39. The predicted molar refractivity (Wildman–Crippen MR) is 97.3 cm³/mol. The smallest absolute Gasteiger partial charge is 0.349 e. The second kappa shape index (κ2) is 8.48. The Labute approximate surface area is 150 Å². The summed E-state index contributed by atoms with van der Waals surface area (Å²) in [6, 6.07) is 14.2. The van der Waals surface area contributed by atoms with E-state index in [1.54, 1.807) is 36.4 Å². The second-order valence-corrected chi connectivity index (χ2v) is 7.21. The molecule has 4 amide bonds. The SMILES string of the molecule is CCP(=O)(ON(C(N)=O)c1ccccc1)ON(C(N)=O)c1ccccc1. The van der Waals surface area contributed by atoms with E-state index in [2.05, 4.69) is 0 Å². The molecule has 9 nitrogen and oxygen atoms in total. The van der Waals surface area contributed by atoms with E-state index in [-0.39, 0.29) is 17.5 Å². The summed E-state index contributed by atoms with van der Waals surface area (Å²) in [6.45, 7) is 1.51. The van der Waals surface area contributed by atoms with Crippen LogP contribution in [0.25, 0.3) is 0 Å². The van der Waals surface area contributed by atoms with Gasteiger partial charge in [-0.25, -0.2) is 9.59 Å². The summed E-state index contributed by atoms with van der Waals surface area (Å²) in [5.41, 5.74) is 11.1. The standard InChI is InChI=1S/C16H19N4O5P/c1-2-26(23,24-19(15(17)21)13-9-5-3-6-10-13)25-20(16(18)22)14-11-7-4-8-12-14/h3-12H,2H2,1H3,(H2,17,21)(H2,18,22). The minimum Gasteiger partial charge on any atom is -0.349 e. The van der Waals surface area contributed by atoms with Crippen molar-refractivity contribution in [2.75, 3.05) is 16.3 Å². The Kier molecular flexibility index (Phi) is 6.35. The molecule has 0 fully saturated rings. The Bertz CT molecular complexity index is 739. The molecule has 2 aromatic rings. The number of hydrogen-bond donors (Lipinski definition) is 2. The number of hydrogen-bond acceptors (Lipinski definition) is 5. The maximum Gasteiger partial charge on any atom is 0.373 e. The minimum atomic E-state index is -4.00. The number of anilines is 2. The first-order chi connectivity index (χ1) is 12.4. The Balaban J connectivity index is 2.29. The molecule has 0 saturated heterocycles. The van der Waals surface area contributed by atoms with E-state index in [0.29, 0.717) is 10.1 Å². The van der Waals surface area contributed by atoms with E-state index in [0.717, 1.165) is 0 Å². The zero-order valence-electron chi connectivity index (χ0n) is 14.0. The summed E-state index contributed by atoms with van der Waals surface area (Å²) < 4.78 is 23.6. The molecule has 0 spiro atoms. The fourth-order valence-corrected chi connectivity index (χ4v) is 3.04. The Morgan fingerprint density at radius 3 is 1.46 bits per heavy atom. The average Bonchev–Trinajstić information content (AvgIpc) is 2.65. The maximum absolute atomic E-state index is 13.0. The second-order valence-electron chi connectivity index (χ2n) is 5.03. The van der Waals surface area contributed by atoms with Gasteiger partial charge in [-0.1, -0.05) is 43.3 Å². The number of para-hydroxylation sites is 2. The predicted octanol–water partition coefficient (Wildman–Crippen LogP) is 3.23. The molecule has 0 aromatic heterocycles. The van der Waals surface area contributed by atoms with Gasteiger partial charge in [0.05, 0.1) is 17.5 Å². The molecule has 0 saturated carbocycles. The largest absolute Gasteiger partial charge is 0.373 e. The number of nitrogens with zero attached hydrogens (tertiary/aromatic N) is 2. The van der Waals surface area contributed by atoms with Crippen molar-refractivity contribution < 1.29 is 23.4 Å². The molecular formula is C16H19N4O5P. The normalized spacial score (nSPS) is 11.0. The van der Waals surface area contributed by atoms with E-state index in [9.17, 15) is 14.2 Å². The summed E-state index contributed by atoms with van der Waals surface area (Å²) in [5.74, 6) is 0. The molecule has 0 heterocycles. The molecule has 0 bridgehead atoms. The van der Waals surface area contributed by atoms with Crippen LogP contribution in [0, 0.1) is 0 Å². The van der Waals surface area contributed by atoms with E-state index in [4.69, 9.17) is 20.7 Å². The van der Waals surface area contributed by atoms with Gasteiger partial charge >= 0.3 is 19.7 Å². The molecular weight excluding hydrogens is 359 g/mol. The minimum absolute atomic E-state index is 0.153. The van der Waals surface area contributed by atoms with E-state index in [1.165, 1.54) is 31.2 Å². The number of amides is 4. The van der Waals surface area contributed by atoms with Gasteiger partial charge in [0.2, 0.25) is 0 Å². The van der Waals surface area contributed by atoms with Gasteiger partial charge in [0, 0.05) is 0 Å². The summed E-state index contributed by atoms with van der Waals surface area (Å²) >= 11 is 0. The van der Waals surface area contributed by atoms with Gasteiger partial charge in [0.1, 0.15) is 0 Å². The fourth-order valence-electron chi connectivity index (χ4n) is 1.94. The van der Waals surface area contributed by atoms with Gasteiger partial charge < -0.3 is 11.5 Å². The van der Waals surface area contributed by atoms with Crippen molar-refractivity contribution in [1.82, 2.24) is 0 Å². The van der Waals surface area contributed by atoms with Crippen molar-refractivity contribution in [2.24, 2.45) is 11.5 Å². The summed E-state index contributed by atoms with van der Waals surface area (Å²) in [6.07, 6.45) is -0.153. The Hall–Kier alpha value is -2.87. The number of hydroxylamine groups is 2. The molecule has 2 rings (SSSR count). The summed E-state index contributed by atoms with van der Waals surface area (Å²) in [5, 5.41) is 1.29. The molecule has 0 unspecified atom stereocenters. The zero-order chi connectivity index (χ0) is 19.2. The van der Waals surface area contributed by atoms with Gasteiger partial charge in [-0.05, 0) is 24.3 Å². The Morgan fingerprint density at radius 1 is 0.846 bits per heavy atom. The van der Waals surface area contributed by atoms with Crippen LogP contribution in [-0.4, -0.2) is 18.2 Å². The van der Waals surface area contributed by atoms with Gasteiger partial charge in [0.15, 0.2) is 0 Å². The maximum atomic E-state index is 13.0. The number of urea groups is 2. The van der Waals surface area contributed by atoms with Gasteiger partial charge in [-0.2, -0.15) is 19.4 Å². The quantitative estimate of drug-likeness (QED) is 0.565. The summed E-state index contributed by atoms with van der Waals surface area (Å²) in [4.78, 5) is 23.4. The number of carbonyl (C=O) groups is 2. The first-order valence-corrected chi connectivity index (χ1v) is 9.37. The molecule has 0 aliphatic rings. The van der Waals surface area contributed by atoms with Crippen LogP contribution in [0.4, 0.5) is 21.0 Å². The highest BCUT2D eigenvalue weighted by molar-refractivity contribution is 7.53. The lowest BCUT2D eigenvalue weighted by Gasteiger charge is -2.28. The molecule has 10 heteroatoms. The zero-order valence-corrected chi connectivity index (χ0v) is 14.9. The van der Waals surface area contributed by atoms with Gasteiger partial charge in [-0.15, -0.1) is 0 Å². The van der Waals surface area contributed by atoms with Crippen LogP contribution < -0.4 is 21.6 Å². The molecule has 4 N–H and O–H groups in total. The van der Waals surface area contributed by atoms with Crippen LogP contribution in [-0.2, 0) is 13.8 Å². The summed E-state index contributed by atoms with van der Waals surface area (Å²) in [7, 11) is -4.00. The first kappa shape index (κ1) is 19.5. The highest BCUT2D eigenvalue weighted by Gasteiger charge is 2.34. The van der Waals surface area contributed by atoms with E-state index >= 15 is 0 Å². The number of rotatable bonds is 7. The number of nitrogens with two attached hydrogens (primary N) is 2. The highest BCUT2D eigenvalue weighted by atomic mass is 31.2. The van der Waals surface area contributed by atoms with E-state index in [1.807, 2.05) is 0 Å². The topological polar surface area (TPSA) is 128 Å². The third-order valence-electron chi connectivity index (χ3n) is 3.18. The van der Waals surface area contributed by atoms with Crippen LogP contribution in [0.15, 0.2) is 60.7 Å². The molecule has 0 aliphatic heterocycles. The molecule has 0 aliphatic carbocycles. The molecule has 2 aromatic carbocycles. The van der Waals surface area contributed by atoms with Crippen LogP contribution in [0.5, 0.6) is 0 Å². The van der Waals surface area contributed by atoms with Gasteiger partial charge in [0.25, 0.3) is 0 Å². The first-order valence-electron chi connectivity index (χ1n) is 7.64. The van der Waals surface area contributed by atoms with Crippen molar-refractivity contribution in [3.05, 3.63) is 60.7 Å². The molecule has 26 heavy (non-hydrogen) atoms. The van der Waals surface area contributed by atoms with Gasteiger partial charge in [-0.3, -0.25) is 4.57 Å². The van der Waals surface area contributed by atoms with Crippen LogP contribution in [0.3, 0.4) is 0 Å². The Morgan fingerprint density at radius 2 is 1.19 bits per heavy atom. The third-order valence-corrected chi connectivity index (χ3v) is 4.78.